The summed E-state index contributed by atoms with van der Waals surface area (Å²) in [6.07, 6.45) is 0.264. The number of carbonyl (C=O) groups is 1. The Balaban J connectivity index is 1.63. The van der Waals surface area contributed by atoms with Crippen molar-refractivity contribution in [1.29, 1.82) is 0 Å². The standard InChI is InChI=1S/C21H22N2O2S/c1-13-5-10-20(14(2)11-13)26-18-8-6-17(7-9-18)22-21(24)12-19-15(3)23-25-16(19)4/h5-11H,12H2,1-4H3,(H,22,24). The first kappa shape index (κ1) is 18.3. The third-order valence-corrected chi connectivity index (χ3v) is 5.40. The molecular weight excluding hydrogens is 344 g/mol. The molecule has 5 heteroatoms. The average molecular weight is 366 g/mol. The van der Waals surface area contributed by atoms with Crippen molar-refractivity contribution in [3.8, 4) is 0 Å². The topological polar surface area (TPSA) is 55.1 Å². The van der Waals surface area contributed by atoms with Crippen LogP contribution in [-0.4, -0.2) is 11.1 Å². The van der Waals surface area contributed by atoms with Crippen LogP contribution in [0.4, 0.5) is 5.69 Å². The van der Waals surface area contributed by atoms with Gasteiger partial charge in [-0.1, -0.05) is 34.6 Å². The molecule has 1 N–H and O–H groups in total. The molecule has 0 saturated heterocycles. The van der Waals surface area contributed by atoms with Gasteiger partial charge in [0.25, 0.3) is 0 Å². The maximum absolute atomic E-state index is 12.3. The molecule has 0 fully saturated rings. The molecule has 26 heavy (non-hydrogen) atoms. The Kier molecular flexibility index (Phi) is 5.47. The smallest absolute Gasteiger partial charge is 0.228 e. The van der Waals surface area contributed by atoms with Crippen molar-refractivity contribution in [1.82, 2.24) is 5.16 Å². The largest absolute Gasteiger partial charge is 0.361 e. The van der Waals surface area contributed by atoms with Crippen LogP contribution in [0.15, 0.2) is 56.8 Å². The van der Waals surface area contributed by atoms with Crippen LogP contribution in [0.2, 0.25) is 0 Å². The van der Waals surface area contributed by atoms with Gasteiger partial charge in [-0.05, 0) is 63.6 Å². The summed E-state index contributed by atoms with van der Waals surface area (Å²) in [4.78, 5) is 14.6. The Morgan fingerprint density at radius 2 is 1.81 bits per heavy atom. The lowest BCUT2D eigenvalue weighted by Gasteiger charge is -2.08. The van der Waals surface area contributed by atoms with Crippen molar-refractivity contribution in [2.75, 3.05) is 5.32 Å². The van der Waals surface area contributed by atoms with Gasteiger partial charge in [0.05, 0.1) is 12.1 Å². The minimum atomic E-state index is -0.0748. The molecule has 3 rings (SSSR count). The molecule has 0 aliphatic heterocycles. The Bertz CT molecular complexity index is 910. The van der Waals surface area contributed by atoms with Crippen molar-refractivity contribution in [3.63, 3.8) is 0 Å². The van der Waals surface area contributed by atoms with Crippen molar-refractivity contribution in [3.05, 3.63) is 70.6 Å². The van der Waals surface area contributed by atoms with Gasteiger partial charge in [-0.2, -0.15) is 0 Å². The Labute approximate surface area is 158 Å². The van der Waals surface area contributed by atoms with Gasteiger partial charge in [0.1, 0.15) is 5.76 Å². The number of anilines is 1. The van der Waals surface area contributed by atoms with E-state index in [1.165, 1.54) is 16.0 Å². The van der Waals surface area contributed by atoms with Crippen molar-refractivity contribution >= 4 is 23.4 Å². The van der Waals surface area contributed by atoms with Gasteiger partial charge in [0, 0.05) is 21.0 Å². The van der Waals surface area contributed by atoms with Crippen LogP contribution in [0.25, 0.3) is 0 Å². The SMILES string of the molecule is Cc1ccc(Sc2ccc(NC(=O)Cc3c(C)noc3C)cc2)c(C)c1. The van der Waals surface area contributed by atoms with Gasteiger partial charge in [0.15, 0.2) is 0 Å². The zero-order valence-electron chi connectivity index (χ0n) is 15.4. The molecule has 0 radical (unpaired) electrons. The zero-order chi connectivity index (χ0) is 18.7. The van der Waals surface area contributed by atoms with Crippen molar-refractivity contribution < 1.29 is 9.32 Å². The van der Waals surface area contributed by atoms with Crippen LogP contribution in [0, 0.1) is 27.7 Å². The third kappa shape index (κ3) is 4.35. The second kappa shape index (κ2) is 7.79. The van der Waals surface area contributed by atoms with E-state index in [1.54, 1.807) is 11.8 Å². The summed E-state index contributed by atoms with van der Waals surface area (Å²) in [6.45, 7) is 7.89. The van der Waals surface area contributed by atoms with E-state index >= 15 is 0 Å². The zero-order valence-corrected chi connectivity index (χ0v) is 16.2. The molecule has 0 aliphatic carbocycles. The van der Waals surface area contributed by atoms with E-state index in [0.29, 0.717) is 5.76 Å². The Morgan fingerprint density at radius 1 is 1.08 bits per heavy atom. The molecule has 0 aliphatic rings. The minimum Gasteiger partial charge on any atom is -0.361 e. The van der Waals surface area contributed by atoms with Gasteiger partial charge >= 0.3 is 0 Å². The number of amides is 1. The van der Waals surface area contributed by atoms with E-state index in [-0.39, 0.29) is 12.3 Å². The molecule has 3 aromatic rings. The predicted molar refractivity (Wildman–Crippen MR) is 105 cm³/mol. The predicted octanol–water partition coefficient (Wildman–Crippen LogP) is 5.24. The van der Waals surface area contributed by atoms with Crippen LogP contribution in [0.5, 0.6) is 0 Å². The number of hydrogen-bond acceptors (Lipinski definition) is 4. The van der Waals surface area contributed by atoms with E-state index in [0.717, 1.165) is 21.8 Å². The highest BCUT2D eigenvalue weighted by Crippen LogP contribution is 2.31. The summed E-state index contributed by atoms with van der Waals surface area (Å²) in [5.41, 5.74) is 4.93. The van der Waals surface area contributed by atoms with Gasteiger partial charge in [-0.3, -0.25) is 4.79 Å². The van der Waals surface area contributed by atoms with E-state index in [4.69, 9.17) is 4.52 Å². The number of carbonyl (C=O) groups excluding carboxylic acids is 1. The monoisotopic (exact) mass is 366 g/mol. The molecule has 1 amide bonds. The molecule has 1 aromatic heterocycles. The second-order valence-electron chi connectivity index (χ2n) is 6.42. The molecular formula is C21H22N2O2S. The summed E-state index contributed by atoms with van der Waals surface area (Å²) in [7, 11) is 0. The van der Waals surface area contributed by atoms with Crippen LogP contribution >= 0.6 is 11.8 Å². The lowest BCUT2D eigenvalue weighted by molar-refractivity contribution is -0.115. The number of rotatable bonds is 5. The van der Waals surface area contributed by atoms with Gasteiger partial charge in [0.2, 0.25) is 5.91 Å². The van der Waals surface area contributed by atoms with Crippen LogP contribution in [0.1, 0.15) is 28.1 Å². The summed E-state index contributed by atoms with van der Waals surface area (Å²) in [5, 5.41) is 6.81. The van der Waals surface area contributed by atoms with E-state index in [1.807, 2.05) is 38.1 Å². The molecule has 4 nitrogen and oxygen atoms in total. The molecule has 0 atom stereocenters. The highest BCUT2D eigenvalue weighted by atomic mass is 32.2. The molecule has 0 spiro atoms. The first-order chi connectivity index (χ1) is 12.4. The lowest BCUT2D eigenvalue weighted by atomic mass is 10.1. The van der Waals surface area contributed by atoms with E-state index < -0.39 is 0 Å². The van der Waals surface area contributed by atoms with Gasteiger partial charge in [-0.15, -0.1) is 0 Å². The fraction of sp³-hybridized carbons (Fsp3) is 0.238. The first-order valence-corrected chi connectivity index (χ1v) is 9.31. The fourth-order valence-corrected chi connectivity index (χ4v) is 3.65. The van der Waals surface area contributed by atoms with E-state index in [9.17, 15) is 4.79 Å². The Hall–Kier alpha value is -2.53. The molecule has 2 aromatic carbocycles. The quantitative estimate of drug-likeness (QED) is 0.671. The summed E-state index contributed by atoms with van der Waals surface area (Å²) in [5.74, 6) is 0.618. The summed E-state index contributed by atoms with van der Waals surface area (Å²) < 4.78 is 5.10. The molecule has 0 saturated carbocycles. The van der Waals surface area contributed by atoms with Crippen LogP contribution < -0.4 is 5.32 Å². The maximum Gasteiger partial charge on any atom is 0.228 e. The van der Waals surface area contributed by atoms with Crippen LogP contribution in [0.3, 0.4) is 0 Å². The number of nitrogens with zero attached hydrogens (tertiary/aromatic N) is 1. The second-order valence-corrected chi connectivity index (χ2v) is 7.54. The Morgan fingerprint density at radius 3 is 2.42 bits per heavy atom. The number of aryl methyl sites for hydroxylation is 4. The highest BCUT2D eigenvalue weighted by Gasteiger charge is 2.13. The van der Waals surface area contributed by atoms with Crippen molar-refractivity contribution in [2.24, 2.45) is 0 Å². The molecule has 0 unspecified atom stereocenters. The maximum atomic E-state index is 12.3. The normalized spacial score (nSPS) is 10.8. The van der Waals surface area contributed by atoms with Gasteiger partial charge in [-0.25, -0.2) is 0 Å². The number of benzene rings is 2. The molecule has 0 bridgehead atoms. The van der Waals surface area contributed by atoms with Gasteiger partial charge < -0.3 is 9.84 Å². The fourth-order valence-electron chi connectivity index (χ4n) is 2.77. The molecule has 134 valence electrons. The summed E-state index contributed by atoms with van der Waals surface area (Å²) in [6, 6.07) is 14.4. The summed E-state index contributed by atoms with van der Waals surface area (Å²) >= 11 is 1.72. The van der Waals surface area contributed by atoms with Crippen LogP contribution in [-0.2, 0) is 11.2 Å². The van der Waals surface area contributed by atoms with E-state index in [2.05, 4.69) is 42.5 Å². The first-order valence-electron chi connectivity index (χ1n) is 8.49. The number of hydrogen-bond donors (Lipinski definition) is 1. The average Bonchev–Trinajstić information content (AvgIpc) is 2.91. The number of aromatic nitrogens is 1. The molecule has 1 heterocycles. The van der Waals surface area contributed by atoms with Crippen molar-refractivity contribution in [2.45, 2.75) is 43.9 Å². The number of nitrogens with one attached hydrogen (secondary N) is 1. The lowest BCUT2D eigenvalue weighted by Crippen LogP contribution is -2.15. The minimum absolute atomic E-state index is 0.0748. The highest BCUT2D eigenvalue weighted by molar-refractivity contribution is 7.99. The third-order valence-electron chi connectivity index (χ3n) is 4.21.